The van der Waals surface area contributed by atoms with Crippen molar-refractivity contribution in [3.8, 4) is 0 Å². The Balaban J connectivity index is 2.90. The number of carboxylic acids is 1. The Morgan fingerprint density at radius 1 is 1.38 bits per heavy atom. The Bertz CT molecular complexity index is 595. The van der Waals surface area contributed by atoms with Crippen molar-refractivity contribution in [3.63, 3.8) is 0 Å². The summed E-state index contributed by atoms with van der Waals surface area (Å²) in [6, 6.07) is 1.54. The molecule has 1 aromatic rings. The van der Waals surface area contributed by atoms with Crippen molar-refractivity contribution >= 4 is 51.7 Å². The fourth-order valence-electron chi connectivity index (χ4n) is 1.64. The maximum absolute atomic E-state index is 11.8. The van der Waals surface area contributed by atoms with Gasteiger partial charge in [-0.3, -0.25) is 4.21 Å². The van der Waals surface area contributed by atoms with Gasteiger partial charge in [0.05, 0.1) is 16.3 Å². The second-order valence-electron chi connectivity index (χ2n) is 4.35. The number of amides is 2. The van der Waals surface area contributed by atoms with Crippen molar-refractivity contribution in [1.29, 1.82) is 0 Å². The van der Waals surface area contributed by atoms with Gasteiger partial charge in [0, 0.05) is 33.9 Å². The standard InChI is InChI=1S/C12H14Cl2N2O4S/c1-6(5-21(2)20)15-12(19)16-10-8(11(17)18)3-7(13)4-9(10)14/h3-4,6H,5H2,1-2H3,(H,17,18)(H2,15,16,19). The SMILES string of the molecule is CC(CS(C)=O)NC(=O)Nc1c(Cl)cc(Cl)cc1C(=O)O. The van der Waals surface area contributed by atoms with Crippen molar-refractivity contribution in [1.82, 2.24) is 5.32 Å². The lowest BCUT2D eigenvalue weighted by atomic mass is 10.2. The van der Waals surface area contributed by atoms with Crippen LogP contribution in [0.5, 0.6) is 0 Å². The number of nitrogens with one attached hydrogen (secondary N) is 2. The van der Waals surface area contributed by atoms with Crippen LogP contribution < -0.4 is 10.6 Å². The summed E-state index contributed by atoms with van der Waals surface area (Å²) in [5.74, 6) is -0.981. The van der Waals surface area contributed by atoms with Crippen LogP contribution >= 0.6 is 23.2 Å². The average molecular weight is 353 g/mol. The first-order valence-electron chi connectivity index (χ1n) is 5.80. The lowest BCUT2D eigenvalue weighted by Crippen LogP contribution is -2.39. The highest BCUT2D eigenvalue weighted by Gasteiger charge is 2.18. The molecule has 0 aliphatic rings. The molecule has 0 fully saturated rings. The minimum atomic E-state index is -1.27. The van der Waals surface area contributed by atoms with Crippen molar-refractivity contribution in [3.05, 3.63) is 27.7 Å². The fourth-order valence-corrected chi connectivity index (χ4v) is 2.96. The highest BCUT2D eigenvalue weighted by molar-refractivity contribution is 7.84. The number of rotatable bonds is 5. The lowest BCUT2D eigenvalue weighted by molar-refractivity contribution is 0.0698. The quantitative estimate of drug-likeness (QED) is 0.758. The minimum Gasteiger partial charge on any atom is -0.478 e. The smallest absolute Gasteiger partial charge is 0.337 e. The van der Waals surface area contributed by atoms with E-state index in [-0.39, 0.29) is 33.1 Å². The monoisotopic (exact) mass is 352 g/mol. The van der Waals surface area contributed by atoms with Gasteiger partial charge < -0.3 is 15.7 Å². The molecule has 0 aromatic heterocycles. The van der Waals surface area contributed by atoms with E-state index in [0.717, 1.165) is 0 Å². The number of carboxylic acid groups (broad SMARTS) is 1. The predicted octanol–water partition coefficient (Wildman–Crippen LogP) is 2.58. The normalized spacial score (nSPS) is 13.3. The van der Waals surface area contributed by atoms with Crippen LogP contribution in [-0.2, 0) is 10.8 Å². The Kier molecular flexibility index (Phi) is 6.44. The van der Waals surface area contributed by atoms with Gasteiger partial charge in [-0.1, -0.05) is 23.2 Å². The molecule has 3 N–H and O–H groups in total. The van der Waals surface area contributed by atoms with E-state index in [4.69, 9.17) is 28.3 Å². The summed E-state index contributed by atoms with van der Waals surface area (Å²) in [5.41, 5.74) is -0.259. The molecule has 0 aliphatic carbocycles. The average Bonchev–Trinajstić information content (AvgIpc) is 2.30. The van der Waals surface area contributed by atoms with E-state index in [1.54, 1.807) is 6.92 Å². The number of carbonyl (C=O) groups excluding carboxylic acids is 1. The van der Waals surface area contributed by atoms with Crippen LogP contribution in [0, 0.1) is 0 Å². The summed E-state index contributed by atoms with van der Waals surface area (Å²) in [6.07, 6.45) is 1.52. The molecular formula is C12H14Cl2N2O4S. The van der Waals surface area contributed by atoms with Gasteiger partial charge in [0.1, 0.15) is 0 Å². The molecule has 0 spiro atoms. The second-order valence-corrected chi connectivity index (χ2v) is 6.68. The number of anilines is 1. The first-order valence-corrected chi connectivity index (χ1v) is 8.29. The van der Waals surface area contributed by atoms with E-state index < -0.39 is 22.8 Å². The zero-order chi connectivity index (χ0) is 16.2. The van der Waals surface area contributed by atoms with Gasteiger partial charge >= 0.3 is 12.0 Å². The number of hydrogen-bond donors (Lipinski definition) is 3. The van der Waals surface area contributed by atoms with Gasteiger partial charge in [0.25, 0.3) is 0 Å². The van der Waals surface area contributed by atoms with Crippen molar-refractivity contribution < 1.29 is 18.9 Å². The zero-order valence-electron chi connectivity index (χ0n) is 11.3. The number of halogens is 2. The van der Waals surface area contributed by atoms with Gasteiger partial charge in [-0.15, -0.1) is 0 Å². The minimum absolute atomic E-state index is 0.0155. The molecule has 116 valence electrons. The van der Waals surface area contributed by atoms with Crippen LogP contribution in [0.25, 0.3) is 0 Å². The molecular weight excluding hydrogens is 339 g/mol. The van der Waals surface area contributed by atoms with E-state index in [0.29, 0.717) is 0 Å². The van der Waals surface area contributed by atoms with Crippen LogP contribution in [0.15, 0.2) is 12.1 Å². The molecule has 2 atom stereocenters. The van der Waals surface area contributed by atoms with Gasteiger partial charge in [-0.05, 0) is 19.1 Å². The summed E-state index contributed by atoms with van der Waals surface area (Å²) in [7, 11) is -1.06. The Labute approximate surface area is 134 Å². The molecule has 0 bridgehead atoms. The molecule has 2 unspecified atom stereocenters. The zero-order valence-corrected chi connectivity index (χ0v) is 13.6. The summed E-state index contributed by atoms with van der Waals surface area (Å²) < 4.78 is 11.1. The summed E-state index contributed by atoms with van der Waals surface area (Å²) in [6.45, 7) is 1.68. The first-order chi connectivity index (χ1) is 9.70. The number of benzene rings is 1. The third kappa shape index (κ3) is 5.53. The van der Waals surface area contributed by atoms with E-state index in [9.17, 15) is 13.8 Å². The van der Waals surface area contributed by atoms with Crippen LogP contribution in [0.4, 0.5) is 10.5 Å². The van der Waals surface area contributed by atoms with Crippen LogP contribution in [0.1, 0.15) is 17.3 Å². The summed E-state index contributed by atoms with van der Waals surface area (Å²) in [4.78, 5) is 23.0. The Morgan fingerprint density at radius 3 is 2.52 bits per heavy atom. The lowest BCUT2D eigenvalue weighted by Gasteiger charge is -2.15. The van der Waals surface area contributed by atoms with Crippen molar-refractivity contribution in [2.75, 3.05) is 17.3 Å². The highest BCUT2D eigenvalue weighted by atomic mass is 35.5. The molecule has 6 nitrogen and oxygen atoms in total. The van der Waals surface area contributed by atoms with E-state index in [1.165, 1.54) is 18.4 Å². The largest absolute Gasteiger partial charge is 0.478 e. The van der Waals surface area contributed by atoms with E-state index in [2.05, 4.69) is 10.6 Å². The van der Waals surface area contributed by atoms with Gasteiger partial charge in [-0.2, -0.15) is 0 Å². The molecule has 1 aromatic carbocycles. The summed E-state index contributed by atoms with van der Waals surface area (Å²) in [5, 5.41) is 14.2. The van der Waals surface area contributed by atoms with Crippen LogP contribution in [0.2, 0.25) is 10.0 Å². The molecule has 1 rings (SSSR count). The first kappa shape index (κ1) is 17.7. The number of aromatic carboxylic acids is 1. The molecule has 0 heterocycles. The van der Waals surface area contributed by atoms with E-state index in [1.807, 2.05) is 0 Å². The highest BCUT2D eigenvalue weighted by Crippen LogP contribution is 2.30. The second kappa shape index (κ2) is 7.63. The Hall–Kier alpha value is -1.31. The maximum Gasteiger partial charge on any atom is 0.337 e. The van der Waals surface area contributed by atoms with Gasteiger partial charge in [0.2, 0.25) is 0 Å². The molecule has 0 aliphatic heterocycles. The van der Waals surface area contributed by atoms with Crippen LogP contribution in [0.3, 0.4) is 0 Å². The fraction of sp³-hybridized carbons (Fsp3) is 0.333. The summed E-state index contributed by atoms with van der Waals surface area (Å²) >= 11 is 11.6. The number of hydrogen-bond acceptors (Lipinski definition) is 3. The predicted molar refractivity (Wildman–Crippen MR) is 84.0 cm³/mol. The van der Waals surface area contributed by atoms with Gasteiger partial charge in [-0.25, -0.2) is 9.59 Å². The third-order valence-electron chi connectivity index (χ3n) is 2.39. The van der Waals surface area contributed by atoms with Gasteiger partial charge in [0.15, 0.2) is 0 Å². The third-order valence-corrected chi connectivity index (χ3v) is 3.87. The molecule has 0 radical (unpaired) electrons. The maximum atomic E-state index is 11.8. The molecule has 0 saturated carbocycles. The topological polar surface area (TPSA) is 95.5 Å². The van der Waals surface area contributed by atoms with Crippen LogP contribution in [-0.4, -0.2) is 39.4 Å². The van der Waals surface area contributed by atoms with Crippen molar-refractivity contribution in [2.24, 2.45) is 0 Å². The van der Waals surface area contributed by atoms with E-state index >= 15 is 0 Å². The number of carbonyl (C=O) groups is 2. The number of urea groups is 1. The molecule has 9 heteroatoms. The molecule has 0 saturated heterocycles. The Morgan fingerprint density at radius 2 is 2.00 bits per heavy atom. The molecule has 2 amide bonds. The van der Waals surface area contributed by atoms with Crippen molar-refractivity contribution in [2.45, 2.75) is 13.0 Å². The molecule has 21 heavy (non-hydrogen) atoms.